The smallest absolute Gasteiger partial charge is 0.163 e. The molecule has 3 heteroatoms. The first kappa shape index (κ1) is 9.34. The number of benzene rings is 1. The average molecular weight is 194 g/mol. The molecule has 0 fully saturated rings. The number of hydrogen-bond donors (Lipinski definition) is 1. The molecule has 1 aromatic carbocycles. The Hall–Kier alpha value is -1.22. The maximum Gasteiger partial charge on any atom is 0.163 e. The van der Waals surface area contributed by atoms with Gasteiger partial charge in [0.25, 0.3) is 0 Å². The normalized spacial score (nSPS) is 24.8. The first-order valence-corrected chi connectivity index (χ1v) is 4.66. The van der Waals surface area contributed by atoms with Gasteiger partial charge in [-0.15, -0.1) is 0 Å². The predicted octanol–water partition coefficient (Wildman–Crippen LogP) is 1.52. The van der Waals surface area contributed by atoms with Crippen LogP contribution in [0.5, 0.6) is 11.5 Å². The quantitative estimate of drug-likeness (QED) is 0.736. The van der Waals surface area contributed by atoms with Crippen LogP contribution < -0.4 is 9.47 Å². The molecule has 0 aromatic heterocycles. The SMILES string of the molecule is Cc1ccc2c(c1)OC(C)(CO)CO2. The van der Waals surface area contributed by atoms with E-state index < -0.39 is 5.60 Å². The molecule has 1 atom stereocenters. The molecule has 1 aliphatic heterocycles. The van der Waals surface area contributed by atoms with Gasteiger partial charge in [-0.2, -0.15) is 0 Å². The summed E-state index contributed by atoms with van der Waals surface area (Å²) in [6.07, 6.45) is 0. The van der Waals surface area contributed by atoms with E-state index in [1.54, 1.807) is 0 Å². The molecule has 1 N–H and O–H groups in total. The second kappa shape index (κ2) is 3.17. The zero-order chi connectivity index (χ0) is 10.2. The van der Waals surface area contributed by atoms with Crippen LogP contribution in [-0.2, 0) is 0 Å². The highest BCUT2D eigenvalue weighted by molar-refractivity contribution is 5.44. The lowest BCUT2D eigenvalue weighted by atomic mass is 10.1. The highest BCUT2D eigenvalue weighted by atomic mass is 16.6. The molecular weight excluding hydrogens is 180 g/mol. The van der Waals surface area contributed by atoms with Crippen molar-refractivity contribution in [2.24, 2.45) is 0 Å². The largest absolute Gasteiger partial charge is 0.485 e. The first-order valence-electron chi connectivity index (χ1n) is 4.66. The Labute approximate surface area is 83.3 Å². The fraction of sp³-hybridized carbons (Fsp3) is 0.455. The van der Waals surface area contributed by atoms with Crippen molar-refractivity contribution in [3.63, 3.8) is 0 Å². The number of ether oxygens (including phenoxy) is 2. The highest BCUT2D eigenvalue weighted by Crippen LogP contribution is 2.35. The van der Waals surface area contributed by atoms with Crippen LogP contribution >= 0.6 is 0 Å². The molecule has 0 saturated carbocycles. The van der Waals surface area contributed by atoms with Crippen LogP contribution in [0.2, 0.25) is 0 Å². The molecule has 2 rings (SSSR count). The molecule has 0 bridgehead atoms. The van der Waals surface area contributed by atoms with Gasteiger partial charge in [-0.3, -0.25) is 0 Å². The molecule has 1 aromatic rings. The Morgan fingerprint density at radius 1 is 1.43 bits per heavy atom. The van der Waals surface area contributed by atoms with Gasteiger partial charge >= 0.3 is 0 Å². The molecule has 1 heterocycles. The third-order valence-corrected chi connectivity index (χ3v) is 2.32. The molecule has 1 aliphatic rings. The molecule has 0 saturated heterocycles. The maximum atomic E-state index is 9.14. The second-order valence-electron chi connectivity index (χ2n) is 3.95. The molecule has 76 valence electrons. The van der Waals surface area contributed by atoms with Gasteiger partial charge in [-0.1, -0.05) is 6.07 Å². The molecule has 0 spiro atoms. The summed E-state index contributed by atoms with van der Waals surface area (Å²) in [5.74, 6) is 1.47. The summed E-state index contributed by atoms with van der Waals surface area (Å²) in [7, 11) is 0. The molecular formula is C11H14O3. The molecule has 0 amide bonds. The molecule has 14 heavy (non-hydrogen) atoms. The molecule has 1 unspecified atom stereocenters. The van der Waals surface area contributed by atoms with Gasteiger partial charge in [0.05, 0.1) is 6.61 Å². The van der Waals surface area contributed by atoms with E-state index in [2.05, 4.69) is 0 Å². The van der Waals surface area contributed by atoms with E-state index in [9.17, 15) is 0 Å². The van der Waals surface area contributed by atoms with Crippen molar-refractivity contribution in [3.8, 4) is 11.5 Å². The van der Waals surface area contributed by atoms with Crippen molar-refractivity contribution in [1.82, 2.24) is 0 Å². The van der Waals surface area contributed by atoms with Crippen LogP contribution in [0.1, 0.15) is 12.5 Å². The standard InChI is InChI=1S/C11H14O3/c1-8-3-4-9-10(5-8)14-11(2,6-12)7-13-9/h3-5,12H,6-7H2,1-2H3. The Morgan fingerprint density at radius 3 is 2.93 bits per heavy atom. The monoisotopic (exact) mass is 194 g/mol. The average Bonchev–Trinajstić information content (AvgIpc) is 2.17. The summed E-state index contributed by atoms with van der Waals surface area (Å²) in [6.45, 7) is 4.17. The fourth-order valence-corrected chi connectivity index (χ4v) is 1.42. The number of aryl methyl sites for hydroxylation is 1. The van der Waals surface area contributed by atoms with E-state index in [1.165, 1.54) is 0 Å². The fourth-order valence-electron chi connectivity index (χ4n) is 1.42. The van der Waals surface area contributed by atoms with Crippen molar-refractivity contribution in [3.05, 3.63) is 23.8 Å². The van der Waals surface area contributed by atoms with Gasteiger partial charge in [0.2, 0.25) is 0 Å². The van der Waals surface area contributed by atoms with Gasteiger partial charge in [-0.25, -0.2) is 0 Å². The third-order valence-electron chi connectivity index (χ3n) is 2.32. The summed E-state index contributed by atoms with van der Waals surface area (Å²) >= 11 is 0. The summed E-state index contributed by atoms with van der Waals surface area (Å²) in [5, 5.41) is 9.14. The maximum absolute atomic E-state index is 9.14. The zero-order valence-electron chi connectivity index (χ0n) is 8.41. The number of hydrogen-bond acceptors (Lipinski definition) is 3. The van der Waals surface area contributed by atoms with Gasteiger partial charge in [0.1, 0.15) is 6.61 Å². The topological polar surface area (TPSA) is 38.7 Å². The van der Waals surface area contributed by atoms with Crippen LogP contribution in [0.25, 0.3) is 0 Å². The third kappa shape index (κ3) is 1.55. The predicted molar refractivity (Wildman–Crippen MR) is 52.8 cm³/mol. The number of aliphatic hydroxyl groups excluding tert-OH is 1. The van der Waals surface area contributed by atoms with E-state index >= 15 is 0 Å². The lowest BCUT2D eigenvalue weighted by molar-refractivity contribution is -0.0337. The summed E-state index contributed by atoms with van der Waals surface area (Å²) in [4.78, 5) is 0. The van der Waals surface area contributed by atoms with E-state index in [0.717, 1.165) is 11.3 Å². The van der Waals surface area contributed by atoms with E-state index in [0.29, 0.717) is 12.4 Å². The van der Waals surface area contributed by atoms with Gasteiger partial charge < -0.3 is 14.6 Å². The summed E-state index contributed by atoms with van der Waals surface area (Å²) < 4.78 is 11.2. The van der Waals surface area contributed by atoms with Crippen LogP contribution in [0.3, 0.4) is 0 Å². The van der Waals surface area contributed by atoms with Crippen LogP contribution in [0.15, 0.2) is 18.2 Å². The zero-order valence-corrected chi connectivity index (χ0v) is 8.41. The summed E-state index contributed by atoms with van der Waals surface area (Å²) in [5.41, 5.74) is 0.510. The summed E-state index contributed by atoms with van der Waals surface area (Å²) in [6, 6.07) is 5.79. The minimum Gasteiger partial charge on any atom is -0.485 e. The van der Waals surface area contributed by atoms with Crippen molar-refractivity contribution in [2.75, 3.05) is 13.2 Å². The Balaban J connectivity index is 2.33. The van der Waals surface area contributed by atoms with Crippen molar-refractivity contribution >= 4 is 0 Å². The highest BCUT2D eigenvalue weighted by Gasteiger charge is 2.32. The Kier molecular flexibility index (Phi) is 2.11. The molecule has 0 aliphatic carbocycles. The van der Waals surface area contributed by atoms with Crippen molar-refractivity contribution in [1.29, 1.82) is 0 Å². The first-order chi connectivity index (χ1) is 6.63. The Bertz CT molecular complexity index is 348. The lowest BCUT2D eigenvalue weighted by Gasteiger charge is -2.34. The minimum atomic E-state index is -0.610. The van der Waals surface area contributed by atoms with Gasteiger partial charge in [0, 0.05) is 0 Å². The van der Waals surface area contributed by atoms with E-state index in [1.807, 2.05) is 32.0 Å². The second-order valence-corrected chi connectivity index (χ2v) is 3.95. The number of rotatable bonds is 1. The van der Waals surface area contributed by atoms with Gasteiger partial charge in [0.15, 0.2) is 17.1 Å². The van der Waals surface area contributed by atoms with Gasteiger partial charge in [-0.05, 0) is 31.5 Å². The van der Waals surface area contributed by atoms with Crippen molar-refractivity contribution < 1.29 is 14.6 Å². The van der Waals surface area contributed by atoms with Crippen LogP contribution in [-0.4, -0.2) is 23.9 Å². The van der Waals surface area contributed by atoms with Crippen LogP contribution in [0.4, 0.5) is 0 Å². The van der Waals surface area contributed by atoms with E-state index in [-0.39, 0.29) is 6.61 Å². The number of aliphatic hydroxyl groups is 1. The van der Waals surface area contributed by atoms with E-state index in [4.69, 9.17) is 14.6 Å². The number of fused-ring (bicyclic) bond motifs is 1. The minimum absolute atomic E-state index is 0.0413. The lowest BCUT2D eigenvalue weighted by Crippen LogP contribution is -2.45. The molecule has 3 nitrogen and oxygen atoms in total. The van der Waals surface area contributed by atoms with Crippen LogP contribution in [0, 0.1) is 6.92 Å². The molecule has 0 radical (unpaired) electrons. The van der Waals surface area contributed by atoms with Crippen molar-refractivity contribution in [2.45, 2.75) is 19.4 Å². The Morgan fingerprint density at radius 2 is 2.21 bits per heavy atom.